The van der Waals surface area contributed by atoms with Crippen LogP contribution in [0.25, 0.3) is 11.2 Å². The van der Waals surface area contributed by atoms with Crippen LogP contribution in [-0.2, 0) is 4.79 Å². The molecule has 0 fully saturated rings. The van der Waals surface area contributed by atoms with Crippen LogP contribution >= 0.6 is 23.4 Å². The number of fused-ring (bicyclic) bond motifs is 1. The lowest BCUT2D eigenvalue weighted by Gasteiger charge is -2.14. The van der Waals surface area contributed by atoms with Gasteiger partial charge in [0.25, 0.3) is 0 Å². The monoisotopic (exact) mass is 376 g/mol. The maximum atomic E-state index is 12.6. The summed E-state index contributed by atoms with van der Waals surface area (Å²) >= 11 is 7.48. The lowest BCUT2D eigenvalue weighted by molar-refractivity contribution is -0.115. The first kappa shape index (κ1) is 17.6. The topological polar surface area (TPSA) is 79.9 Å². The number of anilines is 1. The Labute approximate surface area is 154 Å². The number of imidazole rings is 1. The van der Waals surface area contributed by atoms with Crippen molar-refractivity contribution in [1.29, 1.82) is 0 Å². The molecule has 0 bridgehead atoms. The number of H-pyrrole nitrogens is 1. The van der Waals surface area contributed by atoms with E-state index in [1.165, 1.54) is 11.8 Å². The van der Waals surface area contributed by atoms with Crippen LogP contribution in [0.15, 0.2) is 41.7 Å². The number of rotatable bonds is 6. The highest BCUT2D eigenvalue weighted by Gasteiger charge is 2.20. The number of benzene rings is 1. The fraction of sp³-hybridized carbons (Fsp3) is 0.235. The van der Waals surface area contributed by atoms with Crippen molar-refractivity contribution in [1.82, 2.24) is 15.0 Å². The van der Waals surface area contributed by atoms with E-state index < -0.39 is 0 Å². The second-order valence-corrected chi connectivity index (χ2v) is 6.87. The maximum absolute atomic E-state index is 12.6. The van der Waals surface area contributed by atoms with Gasteiger partial charge in [0.15, 0.2) is 10.8 Å². The Hall–Kier alpha value is -2.25. The van der Waals surface area contributed by atoms with Crippen molar-refractivity contribution in [3.05, 3.63) is 41.6 Å². The van der Waals surface area contributed by atoms with E-state index in [0.717, 1.165) is 5.52 Å². The van der Waals surface area contributed by atoms with Gasteiger partial charge in [0.05, 0.1) is 22.9 Å². The number of aromatic nitrogens is 3. The molecule has 6 nitrogen and oxygen atoms in total. The Morgan fingerprint density at radius 1 is 1.44 bits per heavy atom. The predicted molar refractivity (Wildman–Crippen MR) is 100 cm³/mol. The molecule has 25 heavy (non-hydrogen) atoms. The van der Waals surface area contributed by atoms with Gasteiger partial charge in [0, 0.05) is 11.9 Å². The van der Waals surface area contributed by atoms with Crippen LogP contribution < -0.4 is 10.1 Å². The molecule has 1 amide bonds. The number of nitrogens with zero attached hydrogens (tertiary/aromatic N) is 2. The SMILES string of the molecule is CC[C@H](Sc1nc2ncccc2[nH]1)C(=O)Nc1ccc(OC)c(Cl)c1. The van der Waals surface area contributed by atoms with Gasteiger partial charge in [-0.25, -0.2) is 9.97 Å². The normalized spacial score (nSPS) is 12.1. The summed E-state index contributed by atoms with van der Waals surface area (Å²) in [5.74, 6) is 0.456. The molecule has 0 radical (unpaired) electrons. The average Bonchev–Trinajstić information content (AvgIpc) is 3.02. The number of hydrogen-bond donors (Lipinski definition) is 2. The Balaban J connectivity index is 1.71. The first-order chi connectivity index (χ1) is 12.1. The number of amides is 1. The Kier molecular flexibility index (Phi) is 5.45. The van der Waals surface area contributed by atoms with E-state index >= 15 is 0 Å². The van der Waals surface area contributed by atoms with Crippen molar-refractivity contribution in [3.63, 3.8) is 0 Å². The smallest absolute Gasteiger partial charge is 0.237 e. The second kappa shape index (κ2) is 7.76. The number of pyridine rings is 1. The summed E-state index contributed by atoms with van der Waals surface area (Å²) in [5, 5.41) is 3.71. The molecule has 0 aliphatic rings. The van der Waals surface area contributed by atoms with E-state index in [0.29, 0.717) is 33.7 Å². The molecule has 2 aromatic heterocycles. The van der Waals surface area contributed by atoms with E-state index in [-0.39, 0.29) is 11.2 Å². The number of carbonyl (C=O) groups excluding carboxylic acids is 1. The van der Waals surface area contributed by atoms with Crippen molar-refractivity contribution >= 4 is 46.1 Å². The standard InChI is InChI=1S/C17H17ClN4O2S/c1-3-14(25-17-21-12-5-4-8-19-15(12)22-17)16(23)20-10-6-7-13(24-2)11(18)9-10/h4-9,14H,3H2,1-2H3,(H,20,23)(H,19,21,22)/t14-/m0/s1. The molecule has 2 heterocycles. The fourth-order valence-electron chi connectivity index (χ4n) is 2.30. The van der Waals surface area contributed by atoms with Crippen molar-refractivity contribution in [2.24, 2.45) is 0 Å². The molecule has 0 aliphatic heterocycles. The van der Waals surface area contributed by atoms with Gasteiger partial charge in [-0.2, -0.15) is 0 Å². The van der Waals surface area contributed by atoms with Gasteiger partial charge in [0.1, 0.15) is 5.75 Å². The van der Waals surface area contributed by atoms with Gasteiger partial charge < -0.3 is 15.0 Å². The summed E-state index contributed by atoms with van der Waals surface area (Å²) in [5.41, 5.74) is 2.12. The summed E-state index contributed by atoms with van der Waals surface area (Å²) in [6.45, 7) is 1.96. The molecule has 0 spiro atoms. The largest absolute Gasteiger partial charge is 0.495 e. The summed E-state index contributed by atoms with van der Waals surface area (Å²) in [6.07, 6.45) is 2.35. The average molecular weight is 377 g/mol. The molecule has 0 unspecified atom stereocenters. The highest BCUT2D eigenvalue weighted by Crippen LogP contribution is 2.29. The van der Waals surface area contributed by atoms with Gasteiger partial charge in [-0.3, -0.25) is 4.79 Å². The number of methoxy groups -OCH3 is 1. The van der Waals surface area contributed by atoms with Gasteiger partial charge in [-0.15, -0.1) is 0 Å². The van der Waals surface area contributed by atoms with Crippen molar-refractivity contribution in [3.8, 4) is 5.75 Å². The van der Waals surface area contributed by atoms with E-state index in [1.54, 1.807) is 31.5 Å². The number of thioether (sulfide) groups is 1. The van der Waals surface area contributed by atoms with Crippen LogP contribution in [-0.4, -0.2) is 33.2 Å². The van der Waals surface area contributed by atoms with E-state index in [1.807, 2.05) is 19.1 Å². The molecule has 0 aliphatic carbocycles. The minimum atomic E-state index is -0.290. The highest BCUT2D eigenvalue weighted by atomic mass is 35.5. The van der Waals surface area contributed by atoms with E-state index in [4.69, 9.17) is 16.3 Å². The maximum Gasteiger partial charge on any atom is 0.237 e. The molecule has 130 valence electrons. The molecule has 8 heteroatoms. The van der Waals surface area contributed by atoms with Crippen LogP contribution in [0.3, 0.4) is 0 Å². The first-order valence-electron chi connectivity index (χ1n) is 7.72. The van der Waals surface area contributed by atoms with Gasteiger partial charge >= 0.3 is 0 Å². The molecule has 0 saturated heterocycles. The van der Waals surface area contributed by atoms with Crippen LogP contribution in [0.4, 0.5) is 5.69 Å². The molecule has 3 aromatic rings. The van der Waals surface area contributed by atoms with Crippen LogP contribution in [0.2, 0.25) is 5.02 Å². The third kappa shape index (κ3) is 4.05. The lowest BCUT2D eigenvalue weighted by Crippen LogP contribution is -2.24. The summed E-state index contributed by atoms with van der Waals surface area (Å²) < 4.78 is 5.11. The Bertz CT molecular complexity index is 866. The summed E-state index contributed by atoms with van der Waals surface area (Å²) in [4.78, 5) is 24.3. The van der Waals surface area contributed by atoms with Gasteiger partial charge in [0.2, 0.25) is 5.91 Å². The van der Waals surface area contributed by atoms with E-state index in [2.05, 4.69) is 20.3 Å². The van der Waals surface area contributed by atoms with Crippen LogP contribution in [0.1, 0.15) is 13.3 Å². The van der Waals surface area contributed by atoms with Gasteiger partial charge in [-0.05, 0) is 36.8 Å². The number of nitrogens with one attached hydrogen (secondary N) is 2. The molecule has 3 rings (SSSR count). The van der Waals surface area contributed by atoms with Gasteiger partial charge in [-0.1, -0.05) is 30.3 Å². The molecule has 1 atom stereocenters. The number of carbonyl (C=O) groups is 1. The Morgan fingerprint density at radius 3 is 2.96 bits per heavy atom. The van der Waals surface area contributed by atoms with Crippen molar-refractivity contribution in [2.45, 2.75) is 23.8 Å². The summed E-state index contributed by atoms with van der Waals surface area (Å²) in [6, 6.07) is 8.88. The molecular weight excluding hydrogens is 360 g/mol. The molecule has 2 N–H and O–H groups in total. The molecular formula is C17H17ClN4O2S. The van der Waals surface area contributed by atoms with E-state index in [9.17, 15) is 4.79 Å². The minimum Gasteiger partial charge on any atom is -0.495 e. The van der Waals surface area contributed by atoms with Crippen LogP contribution in [0, 0.1) is 0 Å². The van der Waals surface area contributed by atoms with Crippen molar-refractivity contribution < 1.29 is 9.53 Å². The zero-order valence-corrected chi connectivity index (χ0v) is 15.3. The molecule has 0 saturated carbocycles. The number of ether oxygens (including phenoxy) is 1. The fourth-order valence-corrected chi connectivity index (χ4v) is 3.47. The number of aromatic amines is 1. The second-order valence-electron chi connectivity index (χ2n) is 5.27. The lowest BCUT2D eigenvalue weighted by atomic mass is 10.2. The zero-order valence-electron chi connectivity index (χ0n) is 13.7. The zero-order chi connectivity index (χ0) is 17.8. The number of halogens is 1. The Morgan fingerprint density at radius 2 is 2.28 bits per heavy atom. The highest BCUT2D eigenvalue weighted by molar-refractivity contribution is 8.00. The molecule has 1 aromatic carbocycles. The quantitative estimate of drug-likeness (QED) is 0.632. The first-order valence-corrected chi connectivity index (χ1v) is 8.98. The predicted octanol–water partition coefficient (Wildman–Crippen LogP) is 4.13. The third-order valence-corrected chi connectivity index (χ3v) is 5.12. The summed E-state index contributed by atoms with van der Waals surface area (Å²) in [7, 11) is 1.55. The minimum absolute atomic E-state index is 0.109. The van der Waals surface area contributed by atoms with Crippen LogP contribution in [0.5, 0.6) is 5.75 Å². The van der Waals surface area contributed by atoms with Crippen molar-refractivity contribution in [2.75, 3.05) is 12.4 Å². The third-order valence-electron chi connectivity index (χ3n) is 3.57. The number of hydrogen-bond acceptors (Lipinski definition) is 5.